The molecule has 88 valence electrons. The largest absolute Gasteiger partial charge is 0.480 e. The highest BCUT2D eigenvalue weighted by atomic mass is 35.5. The summed E-state index contributed by atoms with van der Waals surface area (Å²) < 4.78 is 0. The van der Waals surface area contributed by atoms with Crippen molar-refractivity contribution in [3.63, 3.8) is 0 Å². The second-order valence-electron chi connectivity index (χ2n) is 4.18. The van der Waals surface area contributed by atoms with E-state index in [0.717, 1.165) is 5.69 Å². The van der Waals surface area contributed by atoms with Gasteiger partial charge in [0.05, 0.1) is 0 Å². The maximum atomic E-state index is 11.0. The van der Waals surface area contributed by atoms with Crippen LogP contribution in [-0.4, -0.2) is 17.1 Å². The lowest BCUT2D eigenvalue weighted by Gasteiger charge is -2.17. The Morgan fingerprint density at radius 1 is 1.50 bits per heavy atom. The number of rotatable bonds is 5. The topological polar surface area (TPSA) is 49.3 Å². The molecule has 1 aromatic rings. The lowest BCUT2D eigenvalue weighted by Crippen LogP contribution is -2.30. The molecule has 1 aromatic carbocycles. The molecule has 3 nitrogen and oxygen atoms in total. The second kappa shape index (κ2) is 5.75. The van der Waals surface area contributed by atoms with Crippen LogP contribution in [0.3, 0.4) is 0 Å². The normalized spacial score (nSPS) is 12.5. The SMILES string of the molecule is CC(C)C[C@@H](Nc1cccc(Cl)c1)C(=O)O. The van der Waals surface area contributed by atoms with E-state index in [1.54, 1.807) is 18.2 Å². The van der Waals surface area contributed by atoms with Crippen molar-refractivity contribution in [2.45, 2.75) is 26.3 Å². The third-order valence-electron chi connectivity index (χ3n) is 2.17. The van der Waals surface area contributed by atoms with Crippen molar-refractivity contribution in [1.82, 2.24) is 0 Å². The van der Waals surface area contributed by atoms with Crippen LogP contribution in [0.1, 0.15) is 20.3 Å². The third-order valence-corrected chi connectivity index (χ3v) is 2.41. The minimum Gasteiger partial charge on any atom is -0.480 e. The van der Waals surface area contributed by atoms with Crippen molar-refractivity contribution in [2.24, 2.45) is 5.92 Å². The first-order valence-electron chi connectivity index (χ1n) is 5.24. The van der Waals surface area contributed by atoms with E-state index in [-0.39, 0.29) is 0 Å². The highest BCUT2D eigenvalue weighted by Crippen LogP contribution is 2.17. The van der Waals surface area contributed by atoms with Gasteiger partial charge >= 0.3 is 5.97 Å². The molecule has 0 aliphatic carbocycles. The highest BCUT2D eigenvalue weighted by molar-refractivity contribution is 6.30. The molecule has 0 heterocycles. The molecule has 4 heteroatoms. The van der Waals surface area contributed by atoms with Gasteiger partial charge in [0.2, 0.25) is 0 Å². The van der Waals surface area contributed by atoms with Crippen LogP contribution in [0.25, 0.3) is 0 Å². The Labute approximate surface area is 100 Å². The Morgan fingerprint density at radius 3 is 2.69 bits per heavy atom. The summed E-state index contributed by atoms with van der Waals surface area (Å²) in [7, 11) is 0. The fourth-order valence-electron chi connectivity index (χ4n) is 1.47. The number of benzene rings is 1. The standard InChI is InChI=1S/C12H16ClNO2/c1-8(2)6-11(12(15)16)14-10-5-3-4-9(13)7-10/h3-5,7-8,11,14H,6H2,1-2H3,(H,15,16)/t11-/m1/s1. The van der Waals surface area contributed by atoms with Crippen LogP contribution in [0.2, 0.25) is 5.02 Å². The molecule has 0 fully saturated rings. The van der Waals surface area contributed by atoms with Crippen LogP contribution in [0.5, 0.6) is 0 Å². The summed E-state index contributed by atoms with van der Waals surface area (Å²) in [6, 6.07) is 6.50. The third kappa shape index (κ3) is 4.11. The van der Waals surface area contributed by atoms with E-state index >= 15 is 0 Å². The van der Waals surface area contributed by atoms with E-state index in [4.69, 9.17) is 16.7 Å². The molecule has 0 aliphatic rings. The molecule has 1 atom stereocenters. The summed E-state index contributed by atoms with van der Waals surface area (Å²) in [5, 5.41) is 12.6. The van der Waals surface area contributed by atoms with Crippen molar-refractivity contribution in [2.75, 3.05) is 5.32 Å². The Bertz CT molecular complexity index is 366. The van der Waals surface area contributed by atoms with Crippen LogP contribution in [0.15, 0.2) is 24.3 Å². The summed E-state index contributed by atoms with van der Waals surface area (Å²) in [6.07, 6.45) is 0.585. The van der Waals surface area contributed by atoms with Gasteiger partial charge in [-0.25, -0.2) is 4.79 Å². The fraction of sp³-hybridized carbons (Fsp3) is 0.417. The fourth-order valence-corrected chi connectivity index (χ4v) is 1.66. The number of carboxylic acids is 1. The first-order valence-corrected chi connectivity index (χ1v) is 5.61. The van der Waals surface area contributed by atoms with Gasteiger partial charge in [0.1, 0.15) is 6.04 Å². The minimum absolute atomic E-state index is 0.327. The van der Waals surface area contributed by atoms with Gasteiger partial charge in [0.15, 0.2) is 0 Å². The van der Waals surface area contributed by atoms with Gasteiger partial charge in [0.25, 0.3) is 0 Å². The van der Waals surface area contributed by atoms with Gasteiger partial charge in [0, 0.05) is 10.7 Å². The minimum atomic E-state index is -0.839. The molecule has 0 spiro atoms. The number of carbonyl (C=O) groups is 1. The summed E-state index contributed by atoms with van der Waals surface area (Å²) >= 11 is 5.83. The molecule has 0 saturated heterocycles. The van der Waals surface area contributed by atoms with Crippen molar-refractivity contribution in [1.29, 1.82) is 0 Å². The number of nitrogens with one attached hydrogen (secondary N) is 1. The summed E-state index contributed by atoms with van der Waals surface area (Å²) in [4.78, 5) is 11.0. The molecular formula is C12H16ClNO2. The molecule has 2 N–H and O–H groups in total. The Hall–Kier alpha value is -1.22. The maximum absolute atomic E-state index is 11.0. The van der Waals surface area contributed by atoms with Gasteiger partial charge in [-0.15, -0.1) is 0 Å². The number of aliphatic carboxylic acids is 1. The molecule has 0 radical (unpaired) electrons. The average Bonchev–Trinajstić information content (AvgIpc) is 2.15. The first-order chi connectivity index (χ1) is 7.49. The molecule has 0 unspecified atom stereocenters. The molecule has 0 aliphatic heterocycles. The zero-order chi connectivity index (χ0) is 12.1. The number of anilines is 1. The van der Waals surface area contributed by atoms with Gasteiger partial charge in [-0.05, 0) is 30.5 Å². The van der Waals surface area contributed by atoms with Gasteiger partial charge in [-0.3, -0.25) is 0 Å². The smallest absolute Gasteiger partial charge is 0.326 e. The second-order valence-corrected chi connectivity index (χ2v) is 4.61. The predicted molar refractivity (Wildman–Crippen MR) is 66.0 cm³/mol. The monoisotopic (exact) mass is 241 g/mol. The summed E-state index contributed by atoms with van der Waals surface area (Å²) in [5.41, 5.74) is 0.737. The van der Waals surface area contributed by atoms with E-state index in [1.165, 1.54) is 0 Å². The molecular weight excluding hydrogens is 226 g/mol. The molecule has 0 aromatic heterocycles. The van der Waals surface area contributed by atoms with Crippen molar-refractivity contribution in [3.05, 3.63) is 29.3 Å². The average molecular weight is 242 g/mol. The van der Waals surface area contributed by atoms with E-state index < -0.39 is 12.0 Å². The quantitative estimate of drug-likeness (QED) is 0.832. The van der Waals surface area contributed by atoms with Gasteiger partial charge in [-0.2, -0.15) is 0 Å². The number of carboxylic acid groups (broad SMARTS) is 1. The Balaban J connectivity index is 2.71. The lowest BCUT2D eigenvalue weighted by atomic mass is 10.0. The van der Waals surface area contributed by atoms with Crippen molar-refractivity contribution in [3.8, 4) is 0 Å². The predicted octanol–water partition coefficient (Wildman–Crippen LogP) is 3.25. The molecule has 1 rings (SSSR count). The van der Waals surface area contributed by atoms with Crippen LogP contribution in [0.4, 0.5) is 5.69 Å². The van der Waals surface area contributed by atoms with E-state index in [1.807, 2.05) is 19.9 Å². The Kier molecular flexibility index (Phi) is 4.62. The maximum Gasteiger partial charge on any atom is 0.326 e. The molecule has 16 heavy (non-hydrogen) atoms. The lowest BCUT2D eigenvalue weighted by molar-refractivity contribution is -0.138. The Morgan fingerprint density at radius 2 is 2.19 bits per heavy atom. The van der Waals surface area contributed by atoms with Gasteiger partial charge in [-0.1, -0.05) is 31.5 Å². The zero-order valence-corrected chi connectivity index (χ0v) is 10.2. The van der Waals surface area contributed by atoms with E-state index in [2.05, 4.69) is 5.32 Å². The van der Waals surface area contributed by atoms with Gasteiger partial charge < -0.3 is 10.4 Å². The van der Waals surface area contributed by atoms with Crippen molar-refractivity contribution >= 4 is 23.3 Å². The van der Waals surface area contributed by atoms with Crippen LogP contribution in [0, 0.1) is 5.92 Å². The molecule has 0 bridgehead atoms. The number of hydrogen-bond acceptors (Lipinski definition) is 2. The van der Waals surface area contributed by atoms with E-state index in [9.17, 15) is 4.79 Å². The highest BCUT2D eigenvalue weighted by Gasteiger charge is 2.18. The van der Waals surface area contributed by atoms with E-state index in [0.29, 0.717) is 17.4 Å². The van der Waals surface area contributed by atoms with Crippen LogP contribution in [-0.2, 0) is 4.79 Å². The number of halogens is 1. The summed E-state index contributed by atoms with van der Waals surface area (Å²) in [5.74, 6) is -0.513. The zero-order valence-electron chi connectivity index (χ0n) is 9.40. The first kappa shape index (κ1) is 12.8. The summed E-state index contributed by atoms with van der Waals surface area (Å²) in [6.45, 7) is 3.99. The van der Waals surface area contributed by atoms with Crippen LogP contribution >= 0.6 is 11.6 Å². The molecule has 0 saturated carbocycles. The molecule has 0 amide bonds. The van der Waals surface area contributed by atoms with Crippen LogP contribution < -0.4 is 5.32 Å². The van der Waals surface area contributed by atoms with Crippen molar-refractivity contribution < 1.29 is 9.90 Å². The number of hydrogen-bond donors (Lipinski definition) is 2.